The molecule has 0 radical (unpaired) electrons. The maximum absolute atomic E-state index is 13.4. The van der Waals surface area contributed by atoms with Gasteiger partial charge in [-0.3, -0.25) is 4.79 Å². The number of esters is 1. The van der Waals surface area contributed by atoms with Crippen LogP contribution in [-0.4, -0.2) is 17.9 Å². The Balaban J connectivity index is 2.09. The van der Waals surface area contributed by atoms with Crippen molar-refractivity contribution in [2.24, 2.45) is 0 Å². The molecule has 0 aliphatic carbocycles. The monoisotopic (exact) mass is 290 g/mol. The van der Waals surface area contributed by atoms with Crippen LogP contribution in [0, 0.1) is 11.6 Å². The normalized spacial score (nSPS) is 11.8. The molecule has 21 heavy (non-hydrogen) atoms. The molecule has 0 aliphatic rings. The average Bonchev–Trinajstić information content (AvgIpc) is 2.47. The van der Waals surface area contributed by atoms with Gasteiger partial charge in [0, 0.05) is 5.56 Å². The summed E-state index contributed by atoms with van der Waals surface area (Å²) in [5.41, 5.74) is -0.0264. The van der Waals surface area contributed by atoms with Crippen LogP contribution < -0.4 is 0 Å². The zero-order chi connectivity index (χ0) is 15.4. The minimum absolute atomic E-state index is 0.213. The molecule has 2 rings (SSSR count). The molecule has 0 spiro atoms. The lowest BCUT2D eigenvalue weighted by atomic mass is 10.1. The Hall–Kier alpha value is -2.56. The first kappa shape index (κ1) is 14.8. The summed E-state index contributed by atoms with van der Waals surface area (Å²) in [5.74, 6) is -2.60. The molecule has 5 heteroatoms. The second kappa shape index (κ2) is 6.26. The van der Waals surface area contributed by atoms with E-state index in [1.54, 1.807) is 0 Å². The molecule has 0 aliphatic heterocycles. The van der Waals surface area contributed by atoms with Gasteiger partial charge in [-0.05, 0) is 43.3 Å². The Morgan fingerprint density at radius 2 is 1.62 bits per heavy atom. The standard InChI is InChI=1S/C16H12F2O3/c1-10(15(19)11-6-8-12(17)9-7-11)21-16(20)13-4-2-3-5-14(13)18/h2-10H,1H3/t10-/m0/s1. The summed E-state index contributed by atoms with van der Waals surface area (Å²) >= 11 is 0. The van der Waals surface area contributed by atoms with Gasteiger partial charge in [-0.15, -0.1) is 0 Å². The van der Waals surface area contributed by atoms with Gasteiger partial charge in [-0.2, -0.15) is 0 Å². The number of ketones is 1. The predicted molar refractivity (Wildman–Crippen MR) is 72.0 cm³/mol. The van der Waals surface area contributed by atoms with Crippen molar-refractivity contribution in [1.29, 1.82) is 0 Å². The van der Waals surface area contributed by atoms with Crippen LogP contribution in [-0.2, 0) is 4.74 Å². The van der Waals surface area contributed by atoms with E-state index >= 15 is 0 Å². The third kappa shape index (κ3) is 3.51. The third-order valence-electron chi connectivity index (χ3n) is 2.88. The number of rotatable bonds is 4. The Kier molecular flexibility index (Phi) is 4.42. The largest absolute Gasteiger partial charge is 0.451 e. The smallest absolute Gasteiger partial charge is 0.341 e. The molecule has 0 heterocycles. The molecule has 0 N–H and O–H groups in total. The van der Waals surface area contributed by atoms with Gasteiger partial charge < -0.3 is 4.74 Å². The maximum Gasteiger partial charge on any atom is 0.341 e. The van der Waals surface area contributed by atoms with Crippen LogP contribution in [0.25, 0.3) is 0 Å². The second-order valence-electron chi connectivity index (χ2n) is 4.40. The van der Waals surface area contributed by atoms with Gasteiger partial charge in [0.05, 0.1) is 5.56 Å². The average molecular weight is 290 g/mol. The molecule has 2 aromatic rings. The third-order valence-corrected chi connectivity index (χ3v) is 2.88. The number of carbonyl (C=O) groups is 2. The lowest BCUT2D eigenvalue weighted by Gasteiger charge is -2.12. The SMILES string of the molecule is C[C@H](OC(=O)c1ccccc1F)C(=O)c1ccc(F)cc1. The van der Waals surface area contributed by atoms with Crippen LogP contribution in [0.15, 0.2) is 48.5 Å². The van der Waals surface area contributed by atoms with Crippen LogP contribution in [0.5, 0.6) is 0 Å². The molecule has 2 aromatic carbocycles. The van der Waals surface area contributed by atoms with Gasteiger partial charge in [0.15, 0.2) is 6.10 Å². The first-order valence-electron chi connectivity index (χ1n) is 6.24. The first-order valence-corrected chi connectivity index (χ1v) is 6.24. The molecule has 0 aromatic heterocycles. The molecule has 108 valence electrons. The minimum atomic E-state index is -1.09. The summed E-state index contributed by atoms with van der Waals surface area (Å²) in [6.07, 6.45) is -1.09. The minimum Gasteiger partial charge on any atom is -0.451 e. The molecule has 0 unspecified atom stereocenters. The number of hydrogen-bond acceptors (Lipinski definition) is 3. The Morgan fingerprint density at radius 3 is 2.24 bits per heavy atom. The summed E-state index contributed by atoms with van der Waals surface area (Å²) < 4.78 is 31.2. The highest BCUT2D eigenvalue weighted by molar-refractivity contribution is 6.01. The highest BCUT2D eigenvalue weighted by atomic mass is 19.1. The van der Waals surface area contributed by atoms with Crippen LogP contribution in [0.3, 0.4) is 0 Å². The van der Waals surface area contributed by atoms with Crippen LogP contribution in [0.1, 0.15) is 27.6 Å². The van der Waals surface area contributed by atoms with E-state index in [4.69, 9.17) is 4.74 Å². The fraction of sp³-hybridized carbons (Fsp3) is 0.125. The molecule has 0 saturated heterocycles. The number of carbonyl (C=O) groups excluding carboxylic acids is 2. The van der Waals surface area contributed by atoms with Gasteiger partial charge in [-0.25, -0.2) is 13.6 Å². The molecule has 0 fully saturated rings. The van der Waals surface area contributed by atoms with Crippen molar-refractivity contribution < 1.29 is 23.1 Å². The van der Waals surface area contributed by atoms with E-state index in [0.717, 1.165) is 18.2 Å². The lowest BCUT2D eigenvalue weighted by Crippen LogP contribution is -2.24. The van der Waals surface area contributed by atoms with Crippen molar-refractivity contribution in [2.45, 2.75) is 13.0 Å². The van der Waals surface area contributed by atoms with Gasteiger partial charge in [0.25, 0.3) is 0 Å². The number of hydrogen-bond donors (Lipinski definition) is 0. The van der Waals surface area contributed by atoms with E-state index in [9.17, 15) is 18.4 Å². The van der Waals surface area contributed by atoms with Gasteiger partial charge in [0.1, 0.15) is 11.6 Å². The second-order valence-corrected chi connectivity index (χ2v) is 4.40. The van der Waals surface area contributed by atoms with Crippen molar-refractivity contribution >= 4 is 11.8 Å². The molecule has 3 nitrogen and oxygen atoms in total. The van der Waals surface area contributed by atoms with E-state index in [-0.39, 0.29) is 11.1 Å². The van der Waals surface area contributed by atoms with E-state index in [1.807, 2.05) is 0 Å². The van der Waals surface area contributed by atoms with Crippen molar-refractivity contribution in [3.63, 3.8) is 0 Å². The summed E-state index contributed by atoms with van der Waals surface area (Å²) in [6, 6.07) is 10.2. The molecular weight excluding hydrogens is 278 g/mol. The predicted octanol–water partition coefficient (Wildman–Crippen LogP) is 3.39. The van der Waals surface area contributed by atoms with Crippen molar-refractivity contribution in [2.75, 3.05) is 0 Å². The van der Waals surface area contributed by atoms with Crippen molar-refractivity contribution in [3.05, 3.63) is 71.3 Å². The number of benzene rings is 2. The number of halogens is 2. The first-order chi connectivity index (χ1) is 9.99. The van der Waals surface area contributed by atoms with Crippen LogP contribution in [0.4, 0.5) is 8.78 Å². The molecule has 0 bridgehead atoms. The quantitative estimate of drug-likeness (QED) is 0.640. The van der Waals surface area contributed by atoms with Crippen LogP contribution >= 0.6 is 0 Å². The van der Waals surface area contributed by atoms with Gasteiger partial charge in [-0.1, -0.05) is 12.1 Å². The van der Waals surface area contributed by atoms with Gasteiger partial charge in [0.2, 0.25) is 5.78 Å². The van der Waals surface area contributed by atoms with E-state index in [2.05, 4.69) is 0 Å². The summed E-state index contributed by atoms with van der Waals surface area (Å²) in [7, 11) is 0. The van der Waals surface area contributed by atoms with E-state index in [0.29, 0.717) is 0 Å². The van der Waals surface area contributed by atoms with E-state index in [1.165, 1.54) is 37.3 Å². The molecule has 0 amide bonds. The fourth-order valence-electron chi connectivity index (χ4n) is 1.75. The van der Waals surface area contributed by atoms with Gasteiger partial charge >= 0.3 is 5.97 Å². The van der Waals surface area contributed by atoms with E-state index < -0.39 is 29.5 Å². The zero-order valence-corrected chi connectivity index (χ0v) is 11.2. The van der Waals surface area contributed by atoms with Crippen molar-refractivity contribution in [1.82, 2.24) is 0 Å². The summed E-state index contributed by atoms with van der Waals surface area (Å²) in [5, 5.41) is 0. The highest BCUT2D eigenvalue weighted by Crippen LogP contribution is 2.12. The molecule has 1 atom stereocenters. The number of Topliss-reactive ketones (excluding diaryl/α,β-unsaturated/α-hetero) is 1. The van der Waals surface area contributed by atoms with Crippen LogP contribution in [0.2, 0.25) is 0 Å². The topological polar surface area (TPSA) is 43.4 Å². The Bertz CT molecular complexity index is 665. The summed E-state index contributed by atoms with van der Waals surface area (Å²) in [6.45, 7) is 1.38. The number of ether oxygens (including phenoxy) is 1. The Morgan fingerprint density at radius 1 is 1.00 bits per heavy atom. The zero-order valence-electron chi connectivity index (χ0n) is 11.2. The highest BCUT2D eigenvalue weighted by Gasteiger charge is 2.21. The molecule has 0 saturated carbocycles. The summed E-state index contributed by atoms with van der Waals surface area (Å²) in [4.78, 5) is 23.8. The fourth-order valence-corrected chi connectivity index (χ4v) is 1.75. The Labute approximate surface area is 120 Å². The maximum atomic E-state index is 13.4. The lowest BCUT2D eigenvalue weighted by molar-refractivity contribution is 0.0314. The molecular formula is C16H12F2O3. The van der Waals surface area contributed by atoms with Crippen molar-refractivity contribution in [3.8, 4) is 0 Å².